The third kappa shape index (κ3) is 1.83. The number of hydrogen-bond donors (Lipinski definition) is 0. The van der Waals surface area contributed by atoms with E-state index in [1.807, 2.05) is 0 Å². The van der Waals surface area contributed by atoms with Gasteiger partial charge >= 0.3 is 0 Å². The van der Waals surface area contributed by atoms with E-state index >= 15 is 0 Å². The minimum atomic E-state index is -0.422. The Morgan fingerprint density at radius 2 is 1.76 bits per heavy atom. The molecule has 3 nitrogen and oxygen atoms in total. The SMILES string of the molecule is C#CCOC1=C(Cl)C(=O)c2ccccc2C1=O. The first-order valence-corrected chi connectivity index (χ1v) is 5.19. The van der Waals surface area contributed by atoms with Crippen LogP contribution in [0.5, 0.6) is 0 Å². The van der Waals surface area contributed by atoms with E-state index in [-0.39, 0.29) is 28.5 Å². The lowest BCUT2D eigenvalue weighted by atomic mass is 9.93. The van der Waals surface area contributed by atoms with E-state index in [0.29, 0.717) is 0 Å². The first-order valence-electron chi connectivity index (χ1n) is 4.81. The Balaban J connectivity index is 2.51. The fourth-order valence-electron chi connectivity index (χ4n) is 1.57. The summed E-state index contributed by atoms with van der Waals surface area (Å²) in [7, 11) is 0. The van der Waals surface area contributed by atoms with E-state index in [1.165, 1.54) is 0 Å². The predicted molar refractivity (Wildman–Crippen MR) is 62.8 cm³/mol. The number of hydrogen-bond acceptors (Lipinski definition) is 3. The van der Waals surface area contributed by atoms with Gasteiger partial charge in [0.2, 0.25) is 11.6 Å². The second-order valence-corrected chi connectivity index (χ2v) is 3.72. The zero-order chi connectivity index (χ0) is 12.4. The number of ketones is 2. The summed E-state index contributed by atoms with van der Waals surface area (Å²) < 4.78 is 5.03. The maximum atomic E-state index is 12.0. The Hall–Kier alpha value is -2.05. The number of rotatable bonds is 2. The molecule has 84 valence electrons. The van der Waals surface area contributed by atoms with Crippen LogP contribution in [0.25, 0.3) is 0 Å². The Morgan fingerprint density at radius 1 is 1.18 bits per heavy atom. The summed E-state index contributed by atoms with van der Waals surface area (Å²) in [5, 5.41) is -0.219. The van der Waals surface area contributed by atoms with Crippen molar-refractivity contribution in [2.75, 3.05) is 6.61 Å². The van der Waals surface area contributed by atoms with Gasteiger partial charge in [0.05, 0.1) is 0 Å². The number of carbonyl (C=O) groups is 2. The average molecular weight is 247 g/mol. The molecule has 0 saturated carbocycles. The maximum absolute atomic E-state index is 12.0. The highest BCUT2D eigenvalue weighted by Crippen LogP contribution is 2.28. The van der Waals surface area contributed by atoms with E-state index in [2.05, 4.69) is 5.92 Å². The van der Waals surface area contributed by atoms with Crippen molar-refractivity contribution >= 4 is 23.2 Å². The molecule has 17 heavy (non-hydrogen) atoms. The van der Waals surface area contributed by atoms with Gasteiger partial charge in [0.15, 0.2) is 5.76 Å². The molecule has 1 aromatic carbocycles. The molecular weight excluding hydrogens is 240 g/mol. The molecule has 1 aliphatic carbocycles. The average Bonchev–Trinajstić information content (AvgIpc) is 2.36. The first-order chi connectivity index (χ1) is 8.16. The number of fused-ring (bicyclic) bond motifs is 1. The third-order valence-electron chi connectivity index (χ3n) is 2.32. The molecule has 0 bridgehead atoms. The normalized spacial score (nSPS) is 14.4. The van der Waals surface area contributed by atoms with Crippen LogP contribution in [-0.2, 0) is 4.74 Å². The van der Waals surface area contributed by atoms with E-state index in [0.717, 1.165) is 0 Å². The molecular formula is C13H7ClO3. The van der Waals surface area contributed by atoms with Crippen molar-refractivity contribution in [3.05, 3.63) is 46.2 Å². The summed E-state index contributed by atoms with van der Waals surface area (Å²) in [6, 6.07) is 6.44. The molecule has 0 amide bonds. The molecule has 4 heteroatoms. The van der Waals surface area contributed by atoms with Gasteiger partial charge in [0, 0.05) is 11.1 Å². The van der Waals surface area contributed by atoms with E-state index in [4.69, 9.17) is 22.8 Å². The summed E-state index contributed by atoms with van der Waals surface area (Å²) in [6.07, 6.45) is 5.03. The fraction of sp³-hybridized carbons (Fsp3) is 0.0769. The van der Waals surface area contributed by atoms with Gasteiger partial charge in [0.1, 0.15) is 11.6 Å². The van der Waals surface area contributed by atoms with Crippen LogP contribution in [0.3, 0.4) is 0 Å². The zero-order valence-corrected chi connectivity index (χ0v) is 9.45. The quantitative estimate of drug-likeness (QED) is 0.751. The van der Waals surface area contributed by atoms with Gasteiger partial charge in [-0.05, 0) is 0 Å². The highest BCUT2D eigenvalue weighted by Gasteiger charge is 2.32. The van der Waals surface area contributed by atoms with Gasteiger partial charge in [-0.3, -0.25) is 9.59 Å². The van der Waals surface area contributed by atoms with Crippen molar-refractivity contribution in [1.82, 2.24) is 0 Å². The Bertz CT molecular complexity index is 579. The number of benzene rings is 1. The monoisotopic (exact) mass is 246 g/mol. The van der Waals surface area contributed by atoms with Gasteiger partial charge in [-0.25, -0.2) is 0 Å². The molecule has 0 heterocycles. The minimum Gasteiger partial charge on any atom is -0.475 e. The molecule has 0 spiro atoms. The first kappa shape index (κ1) is 11.4. The molecule has 0 radical (unpaired) electrons. The summed E-state index contributed by atoms with van der Waals surface area (Å²) in [5.74, 6) is 1.20. The van der Waals surface area contributed by atoms with Gasteiger partial charge in [-0.15, -0.1) is 6.42 Å². The standard InChI is InChI=1S/C13H7ClO3/c1-2-7-17-13-10(14)11(15)8-5-3-4-6-9(8)12(13)16/h1,3-6H,7H2. The molecule has 0 fully saturated rings. The minimum absolute atomic E-state index is 0.104. The number of ether oxygens (including phenoxy) is 1. The zero-order valence-electron chi connectivity index (χ0n) is 8.70. The molecule has 0 saturated heterocycles. The van der Waals surface area contributed by atoms with Crippen molar-refractivity contribution in [3.63, 3.8) is 0 Å². The summed E-state index contributed by atoms with van der Waals surface area (Å²) in [4.78, 5) is 23.9. The molecule has 0 aliphatic heterocycles. The van der Waals surface area contributed by atoms with E-state index in [9.17, 15) is 9.59 Å². The van der Waals surface area contributed by atoms with Crippen LogP contribution in [-0.4, -0.2) is 18.2 Å². The Kier molecular flexibility index (Phi) is 2.99. The number of halogens is 1. The molecule has 0 atom stereocenters. The van der Waals surface area contributed by atoms with Crippen LogP contribution >= 0.6 is 11.6 Å². The highest BCUT2D eigenvalue weighted by atomic mass is 35.5. The van der Waals surface area contributed by atoms with Crippen LogP contribution in [0.2, 0.25) is 0 Å². The predicted octanol–water partition coefficient (Wildman–Crippen LogP) is 2.17. The van der Waals surface area contributed by atoms with Gasteiger partial charge in [-0.2, -0.15) is 0 Å². The van der Waals surface area contributed by atoms with Crippen LogP contribution in [0.1, 0.15) is 20.7 Å². The Morgan fingerprint density at radius 3 is 2.35 bits per heavy atom. The maximum Gasteiger partial charge on any atom is 0.230 e. The van der Waals surface area contributed by atoms with Crippen molar-refractivity contribution in [3.8, 4) is 12.3 Å². The molecule has 0 N–H and O–H groups in total. The number of terminal acetylenes is 1. The topological polar surface area (TPSA) is 43.4 Å². The molecule has 1 aromatic rings. The lowest BCUT2D eigenvalue weighted by Crippen LogP contribution is -2.21. The van der Waals surface area contributed by atoms with Crippen molar-refractivity contribution < 1.29 is 14.3 Å². The lowest BCUT2D eigenvalue weighted by Gasteiger charge is -2.16. The summed E-state index contributed by atoms with van der Waals surface area (Å²) in [5.41, 5.74) is 0.574. The molecule has 0 unspecified atom stereocenters. The van der Waals surface area contributed by atoms with Gasteiger partial charge in [0.25, 0.3) is 0 Å². The Labute approximate surface area is 103 Å². The van der Waals surface area contributed by atoms with Crippen molar-refractivity contribution in [1.29, 1.82) is 0 Å². The van der Waals surface area contributed by atoms with Crippen LogP contribution < -0.4 is 0 Å². The van der Waals surface area contributed by atoms with Crippen LogP contribution in [0.15, 0.2) is 35.1 Å². The van der Waals surface area contributed by atoms with E-state index in [1.54, 1.807) is 24.3 Å². The number of carbonyl (C=O) groups excluding carboxylic acids is 2. The van der Waals surface area contributed by atoms with Crippen molar-refractivity contribution in [2.24, 2.45) is 0 Å². The number of Topliss-reactive ketones (excluding diaryl/α,β-unsaturated/α-hetero) is 2. The highest BCUT2D eigenvalue weighted by molar-refractivity contribution is 6.49. The van der Waals surface area contributed by atoms with Crippen LogP contribution in [0, 0.1) is 12.3 Å². The number of allylic oxidation sites excluding steroid dienone is 2. The lowest BCUT2D eigenvalue weighted by molar-refractivity contribution is 0.0899. The van der Waals surface area contributed by atoms with Gasteiger partial charge in [-0.1, -0.05) is 41.8 Å². The summed E-state index contributed by atoms with van der Waals surface area (Å²) in [6.45, 7) is -0.104. The molecule has 2 rings (SSSR count). The molecule has 1 aliphatic rings. The van der Waals surface area contributed by atoms with Crippen LogP contribution in [0.4, 0.5) is 0 Å². The summed E-state index contributed by atoms with van der Waals surface area (Å²) >= 11 is 5.81. The van der Waals surface area contributed by atoms with Gasteiger partial charge < -0.3 is 4.74 Å². The largest absolute Gasteiger partial charge is 0.475 e. The van der Waals surface area contributed by atoms with E-state index < -0.39 is 11.6 Å². The third-order valence-corrected chi connectivity index (χ3v) is 2.66. The van der Waals surface area contributed by atoms with Crippen molar-refractivity contribution in [2.45, 2.75) is 0 Å². The smallest absolute Gasteiger partial charge is 0.230 e. The molecule has 0 aromatic heterocycles. The second-order valence-electron chi connectivity index (χ2n) is 3.34. The second kappa shape index (κ2) is 4.44. The fourth-order valence-corrected chi connectivity index (χ4v) is 1.81.